The van der Waals surface area contributed by atoms with Crippen molar-refractivity contribution in [2.24, 2.45) is 0 Å². The third kappa shape index (κ3) is 3.14. The average molecular weight is 318 g/mol. The first kappa shape index (κ1) is 16.5. The first-order chi connectivity index (χ1) is 10.5. The molecule has 0 aliphatic rings. The lowest BCUT2D eigenvalue weighted by molar-refractivity contribution is 0.0745. The van der Waals surface area contributed by atoms with E-state index in [1.807, 2.05) is 52.1 Å². The van der Waals surface area contributed by atoms with E-state index in [0.29, 0.717) is 0 Å². The molecule has 4 nitrogen and oxygen atoms in total. The maximum atomic E-state index is 12.8. The zero-order chi connectivity index (χ0) is 16.3. The van der Waals surface area contributed by atoms with Crippen molar-refractivity contribution in [2.45, 2.75) is 33.2 Å². The molecule has 0 saturated carbocycles. The number of thiazole rings is 1. The van der Waals surface area contributed by atoms with Gasteiger partial charge in [-0.1, -0.05) is 25.1 Å². The van der Waals surface area contributed by atoms with Crippen molar-refractivity contribution in [2.75, 3.05) is 14.2 Å². The number of para-hydroxylation sites is 1. The molecular weight excluding hydrogens is 296 g/mol. The van der Waals surface area contributed by atoms with Crippen molar-refractivity contribution >= 4 is 17.2 Å². The van der Waals surface area contributed by atoms with Gasteiger partial charge in [-0.15, -0.1) is 11.3 Å². The van der Waals surface area contributed by atoms with Gasteiger partial charge in [0, 0.05) is 12.6 Å². The normalized spacial score (nSPS) is 12.0. The lowest BCUT2D eigenvalue weighted by atomic mass is 10.1. The van der Waals surface area contributed by atoms with Gasteiger partial charge in [0.2, 0.25) is 0 Å². The van der Waals surface area contributed by atoms with Crippen LogP contribution < -0.4 is 4.74 Å². The molecule has 0 aliphatic heterocycles. The summed E-state index contributed by atoms with van der Waals surface area (Å²) in [6.45, 7) is 5.95. The van der Waals surface area contributed by atoms with E-state index in [9.17, 15) is 4.79 Å². The Morgan fingerprint density at radius 1 is 1.41 bits per heavy atom. The summed E-state index contributed by atoms with van der Waals surface area (Å²) in [5, 5.41) is 0.999. The molecule has 0 bridgehead atoms. The van der Waals surface area contributed by atoms with Crippen LogP contribution in [0.2, 0.25) is 0 Å². The number of hydrogen-bond acceptors (Lipinski definition) is 4. The zero-order valence-corrected chi connectivity index (χ0v) is 14.5. The molecule has 5 heteroatoms. The second-order valence-corrected chi connectivity index (χ2v) is 6.29. The Labute approximate surface area is 135 Å². The predicted molar refractivity (Wildman–Crippen MR) is 89.7 cm³/mol. The van der Waals surface area contributed by atoms with Crippen LogP contribution in [0.4, 0.5) is 0 Å². The number of ether oxygens (including phenoxy) is 1. The maximum absolute atomic E-state index is 12.8. The minimum atomic E-state index is -0.0739. The Bertz CT molecular complexity index is 666. The maximum Gasteiger partial charge on any atom is 0.266 e. The van der Waals surface area contributed by atoms with Gasteiger partial charge in [-0.3, -0.25) is 4.79 Å². The van der Waals surface area contributed by atoms with E-state index in [0.717, 1.165) is 33.3 Å². The molecule has 2 aromatic rings. The highest BCUT2D eigenvalue weighted by Crippen LogP contribution is 2.30. The molecule has 0 fully saturated rings. The highest BCUT2D eigenvalue weighted by molar-refractivity contribution is 7.13. The van der Waals surface area contributed by atoms with Crippen LogP contribution in [0.25, 0.3) is 0 Å². The summed E-state index contributed by atoms with van der Waals surface area (Å²) < 4.78 is 5.40. The van der Waals surface area contributed by atoms with Gasteiger partial charge in [-0.25, -0.2) is 4.98 Å². The summed E-state index contributed by atoms with van der Waals surface area (Å²) >= 11 is 1.48. The van der Waals surface area contributed by atoms with Crippen LogP contribution >= 0.6 is 11.3 Å². The molecule has 1 aromatic heterocycles. The van der Waals surface area contributed by atoms with Crippen molar-refractivity contribution in [3.8, 4) is 5.75 Å². The fourth-order valence-corrected chi connectivity index (χ4v) is 3.35. The van der Waals surface area contributed by atoms with E-state index >= 15 is 0 Å². The van der Waals surface area contributed by atoms with Crippen LogP contribution in [0.5, 0.6) is 5.75 Å². The molecule has 0 radical (unpaired) electrons. The highest BCUT2D eigenvalue weighted by Gasteiger charge is 2.24. The van der Waals surface area contributed by atoms with E-state index in [1.165, 1.54) is 11.3 Å². The van der Waals surface area contributed by atoms with Gasteiger partial charge < -0.3 is 9.64 Å². The quantitative estimate of drug-likeness (QED) is 0.841. The summed E-state index contributed by atoms with van der Waals surface area (Å²) in [7, 11) is 3.47. The second kappa shape index (κ2) is 6.92. The molecule has 22 heavy (non-hydrogen) atoms. The molecule has 0 N–H and O–H groups in total. The molecule has 1 aromatic carbocycles. The fraction of sp³-hybridized carbons (Fsp3) is 0.412. The van der Waals surface area contributed by atoms with Crippen LogP contribution in [0.3, 0.4) is 0 Å². The van der Waals surface area contributed by atoms with Crippen molar-refractivity contribution in [3.63, 3.8) is 0 Å². The van der Waals surface area contributed by atoms with E-state index < -0.39 is 0 Å². The Balaban J connectivity index is 2.28. The highest BCUT2D eigenvalue weighted by atomic mass is 32.1. The fourth-order valence-electron chi connectivity index (χ4n) is 2.36. The molecule has 0 saturated heterocycles. The average Bonchev–Trinajstić information content (AvgIpc) is 2.93. The van der Waals surface area contributed by atoms with Gasteiger partial charge in [-0.2, -0.15) is 0 Å². The predicted octanol–water partition coefficient (Wildman–Crippen LogP) is 3.86. The number of aryl methyl sites for hydroxylation is 2. The van der Waals surface area contributed by atoms with Gasteiger partial charge in [0.25, 0.3) is 5.91 Å². The second-order valence-electron chi connectivity index (χ2n) is 5.21. The summed E-state index contributed by atoms with van der Waals surface area (Å²) in [6.07, 6.45) is 0.852. The smallest absolute Gasteiger partial charge is 0.266 e. The Hall–Kier alpha value is -1.88. The van der Waals surface area contributed by atoms with Crippen LogP contribution in [0, 0.1) is 6.92 Å². The van der Waals surface area contributed by atoms with Gasteiger partial charge >= 0.3 is 0 Å². The van der Waals surface area contributed by atoms with Gasteiger partial charge in [0.05, 0.1) is 23.9 Å². The summed E-state index contributed by atoms with van der Waals surface area (Å²) in [6, 6.07) is 7.72. The molecule has 2 rings (SSSR count). The molecule has 1 atom stereocenters. The van der Waals surface area contributed by atoms with E-state index in [2.05, 4.69) is 4.98 Å². The number of carbonyl (C=O) groups is 1. The van der Waals surface area contributed by atoms with E-state index in [1.54, 1.807) is 12.0 Å². The Kier molecular flexibility index (Phi) is 5.19. The van der Waals surface area contributed by atoms with Crippen LogP contribution in [0.15, 0.2) is 24.3 Å². The minimum absolute atomic E-state index is 0.00751. The monoisotopic (exact) mass is 318 g/mol. The number of rotatable bonds is 5. The Morgan fingerprint density at radius 2 is 2.09 bits per heavy atom. The molecule has 1 amide bonds. The van der Waals surface area contributed by atoms with Gasteiger partial charge in [0.1, 0.15) is 10.6 Å². The molecular formula is C17H22N2O2S. The number of carbonyl (C=O) groups excluding carboxylic acids is 1. The van der Waals surface area contributed by atoms with Crippen LogP contribution in [0.1, 0.15) is 45.8 Å². The largest absolute Gasteiger partial charge is 0.496 e. The summed E-state index contributed by atoms with van der Waals surface area (Å²) in [5.74, 6) is 0.804. The Morgan fingerprint density at radius 3 is 2.68 bits per heavy atom. The summed E-state index contributed by atoms with van der Waals surface area (Å²) in [4.78, 5) is 19.7. The molecule has 0 unspecified atom stereocenters. The first-order valence-electron chi connectivity index (χ1n) is 7.36. The first-order valence-corrected chi connectivity index (χ1v) is 8.17. The number of methoxy groups -OCH3 is 1. The number of aromatic nitrogens is 1. The van der Waals surface area contributed by atoms with Crippen LogP contribution in [-0.2, 0) is 6.42 Å². The molecule has 118 valence electrons. The number of amides is 1. The molecule has 0 aliphatic carbocycles. The number of hydrogen-bond donors (Lipinski definition) is 0. The van der Waals surface area contributed by atoms with Crippen molar-refractivity contribution < 1.29 is 9.53 Å². The molecule has 0 spiro atoms. The van der Waals surface area contributed by atoms with Crippen molar-refractivity contribution in [1.29, 1.82) is 0 Å². The van der Waals surface area contributed by atoms with Crippen molar-refractivity contribution in [3.05, 3.63) is 45.4 Å². The van der Waals surface area contributed by atoms with Gasteiger partial charge in [-0.05, 0) is 26.3 Å². The van der Waals surface area contributed by atoms with Gasteiger partial charge in [0.15, 0.2) is 0 Å². The van der Waals surface area contributed by atoms with Crippen molar-refractivity contribution in [1.82, 2.24) is 9.88 Å². The third-order valence-electron chi connectivity index (χ3n) is 3.83. The van der Waals surface area contributed by atoms with E-state index in [-0.39, 0.29) is 11.9 Å². The zero-order valence-electron chi connectivity index (χ0n) is 13.7. The lowest BCUT2D eigenvalue weighted by Gasteiger charge is -2.26. The number of benzene rings is 1. The lowest BCUT2D eigenvalue weighted by Crippen LogP contribution is -2.29. The van der Waals surface area contributed by atoms with Crippen LogP contribution in [-0.4, -0.2) is 29.9 Å². The minimum Gasteiger partial charge on any atom is -0.496 e. The molecule has 1 heterocycles. The SMILES string of the molecule is CCc1nc(C)c(C(=O)N(C)[C@@H](C)c2ccccc2OC)s1. The third-order valence-corrected chi connectivity index (χ3v) is 5.12. The van der Waals surface area contributed by atoms with E-state index in [4.69, 9.17) is 4.74 Å². The topological polar surface area (TPSA) is 42.4 Å². The standard InChI is InChI=1S/C17H22N2O2S/c1-6-15-18-11(2)16(22-15)17(20)19(4)12(3)13-9-7-8-10-14(13)21-5/h7-10,12H,6H2,1-5H3/t12-/m0/s1. The summed E-state index contributed by atoms with van der Waals surface area (Å²) in [5.41, 5.74) is 1.81. The number of nitrogens with zero attached hydrogens (tertiary/aromatic N) is 2.